The SMILES string of the molecule is C[C@H](O)C(=O)O.N=C(N)NN. The first-order valence-corrected chi connectivity index (χ1v) is 2.63. The fourth-order valence-electron chi connectivity index (χ4n) is 0. The van der Waals surface area contributed by atoms with Crippen molar-refractivity contribution in [3.05, 3.63) is 0 Å². The molecule has 0 saturated carbocycles. The average Bonchev–Trinajstić information content (AvgIpc) is 1.89. The summed E-state index contributed by atoms with van der Waals surface area (Å²) >= 11 is 0. The number of guanidine groups is 1. The number of rotatable bonds is 1. The van der Waals surface area contributed by atoms with Gasteiger partial charge >= 0.3 is 5.97 Å². The molecule has 0 fully saturated rings. The highest BCUT2D eigenvalue weighted by Gasteiger charge is 2.01. The zero-order valence-electron chi connectivity index (χ0n) is 6.03. The molecular formula is C4H12N4O3. The van der Waals surface area contributed by atoms with E-state index in [0.29, 0.717) is 0 Å². The highest BCUT2D eigenvalue weighted by atomic mass is 16.4. The highest BCUT2D eigenvalue weighted by Crippen LogP contribution is 1.73. The number of carbonyl (C=O) groups is 1. The van der Waals surface area contributed by atoms with Gasteiger partial charge < -0.3 is 15.9 Å². The van der Waals surface area contributed by atoms with Gasteiger partial charge in [0.15, 0.2) is 5.96 Å². The summed E-state index contributed by atoms with van der Waals surface area (Å²) in [6, 6.07) is 0. The van der Waals surface area contributed by atoms with E-state index in [1.165, 1.54) is 6.92 Å². The van der Waals surface area contributed by atoms with Crippen molar-refractivity contribution in [1.82, 2.24) is 5.43 Å². The summed E-state index contributed by atoms with van der Waals surface area (Å²) < 4.78 is 0. The van der Waals surface area contributed by atoms with E-state index in [4.69, 9.17) is 15.6 Å². The molecule has 0 aliphatic carbocycles. The monoisotopic (exact) mass is 164 g/mol. The number of aliphatic hydroxyl groups excluding tert-OH is 1. The lowest BCUT2D eigenvalue weighted by atomic mass is 10.4. The van der Waals surface area contributed by atoms with Crippen molar-refractivity contribution in [3.63, 3.8) is 0 Å². The molecule has 0 heterocycles. The van der Waals surface area contributed by atoms with Crippen LogP contribution in [0.25, 0.3) is 0 Å². The van der Waals surface area contributed by atoms with Gasteiger partial charge in [-0.25, -0.2) is 10.6 Å². The molecule has 1 atom stereocenters. The molecule has 0 radical (unpaired) electrons. The van der Waals surface area contributed by atoms with Crippen LogP contribution in [0.1, 0.15) is 6.92 Å². The van der Waals surface area contributed by atoms with Crippen molar-refractivity contribution in [2.45, 2.75) is 13.0 Å². The molecule has 0 aliphatic heterocycles. The summed E-state index contributed by atoms with van der Waals surface area (Å²) in [6.45, 7) is 1.20. The van der Waals surface area contributed by atoms with Crippen molar-refractivity contribution in [1.29, 1.82) is 5.41 Å². The van der Waals surface area contributed by atoms with Gasteiger partial charge in [-0.1, -0.05) is 0 Å². The second kappa shape index (κ2) is 6.78. The third kappa shape index (κ3) is 17.7. The Labute approximate surface area is 63.5 Å². The fourth-order valence-corrected chi connectivity index (χ4v) is 0. The molecule has 0 spiro atoms. The van der Waals surface area contributed by atoms with Crippen LogP contribution in [0.15, 0.2) is 0 Å². The molecule has 11 heavy (non-hydrogen) atoms. The molecule has 0 aromatic carbocycles. The lowest BCUT2D eigenvalue weighted by molar-refractivity contribution is -0.145. The lowest BCUT2D eigenvalue weighted by Crippen LogP contribution is -2.35. The Morgan fingerprint density at radius 1 is 1.73 bits per heavy atom. The average molecular weight is 164 g/mol. The number of carboxylic acids is 1. The molecule has 0 rings (SSSR count). The van der Waals surface area contributed by atoms with E-state index in [9.17, 15) is 4.79 Å². The van der Waals surface area contributed by atoms with E-state index in [1.807, 2.05) is 5.43 Å². The number of hydrogen-bond acceptors (Lipinski definition) is 4. The standard InChI is InChI=1S/C3H6O3.CH6N4/c1-2(4)3(5)6;2-1(3)5-4/h2,4H,1H3,(H,5,6);4H2,(H4,2,3,5)/t2-;/m0./s1. The van der Waals surface area contributed by atoms with Crippen molar-refractivity contribution in [3.8, 4) is 0 Å². The molecule has 8 N–H and O–H groups in total. The maximum atomic E-state index is 9.45. The minimum absolute atomic E-state index is 0.218. The zero-order valence-corrected chi connectivity index (χ0v) is 6.03. The number of carboxylic acid groups (broad SMARTS) is 1. The Balaban J connectivity index is 0. The topological polar surface area (TPSA) is 145 Å². The predicted octanol–water partition coefficient (Wildman–Crippen LogP) is -2.21. The van der Waals surface area contributed by atoms with Crippen LogP contribution in [-0.2, 0) is 4.79 Å². The molecule has 7 heteroatoms. The summed E-state index contributed by atoms with van der Waals surface area (Å²) in [6.07, 6.45) is -1.23. The molecule has 0 amide bonds. The molecule has 0 aromatic heterocycles. The Bertz CT molecular complexity index is 135. The number of aliphatic carboxylic acids is 1. The number of hydrazine groups is 1. The minimum Gasteiger partial charge on any atom is -0.479 e. The number of hydrogen-bond donors (Lipinski definition) is 6. The smallest absolute Gasteiger partial charge is 0.332 e. The summed E-state index contributed by atoms with van der Waals surface area (Å²) in [7, 11) is 0. The summed E-state index contributed by atoms with van der Waals surface area (Å²) in [5, 5.41) is 22.1. The number of aliphatic hydroxyl groups is 1. The van der Waals surface area contributed by atoms with Gasteiger partial charge in [0.05, 0.1) is 0 Å². The summed E-state index contributed by atoms with van der Waals surface area (Å²) in [5.41, 5.74) is 6.53. The molecule has 0 aliphatic rings. The normalized spacial score (nSPS) is 10.5. The van der Waals surface area contributed by atoms with Gasteiger partial charge in [0, 0.05) is 0 Å². The first-order valence-electron chi connectivity index (χ1n) is 2.63. The van der Waals surface area contributed by atoms with Crippen LogP contribution >= 0.6 is 0 Å². The third-order valence-corrected chi connectivity index (χ3v) is 0.513. The van der Waals surface area contributed by atoms with Crippen molar-refractivity contribution >= 4 is 11.9 Å². The van der Waals surface area contributed by atoms with E-state index in [0.717, 1.165) is 0 Å². The van der Waals surface area contributed by atoms with Crippen molar-refractivity contribution in [2.75, 3.05) is 0 Å². The maximum Gasteiger partial charge on any atom is 0.332 e. The minimum atomic E-state index is -1.23. The van der Waals surface area contributed by atoms with Gasteiger partial charge in [-0.15, -0.1) is 0 Å². The predicted molar refractivity (Wildman–Crippen MR) is 38.6 cm³/mol. The Hall–Kier alpha value is -1.34. The highest BCUT2D eigenvalue weighted by molar-refractivity contribution is 5.73. The van der Waals surface area contributed by atoms with E-state index in [2.05, 4.69) is 11.6 Å². The van der Waals surface area contributed by atoms with Gasteiger partial charge in [0.2, 0.25) is 0 Å². The Morgan fingerprint density at radius 2 is 1.91 bits per heavy atom. The largest absolute Gasteiger partial charge is 0.479 e. The van der Waals surface area contributed by atoms with Gasteiger partial charge in [0.1, 0.15) is 6.10 Å². The lowest BCUT2D eigenvalue weighted by Gasteiger charge is -1.89. The molecule has 7 nitrogen and oxygen atoms in total. The first-order chi connectivity index (χ1) is 4.91. The van der Waals surface area contributed by atoms with E-state index >= 15 is 0 Å². The fraction of sp³-hybridized carbons (Fsp3) is 0.500. The number of nitrogens with one attached hydrogen (secondary N) is 2. The van der Waals surface area contributed by atoms with Crippen LogP contribution in [0.5, 0.6) is 0 Å². The van der Waals surface area contributed by atoms with Gasteiger partial charge in [-0.3, -0.25) is 10.8 Å². The van der Waals surface area contributed by atoms with Crippen LogP contribution < -0.4 is 17.0 Å². The van der Waals surface area contributed by atoms with Crippen molar-refractivity contribution < 1.29 is 15.0 Å². The van der Waals surface area contributed by atoms with Crippen LogP contribution in [0.4, 0.5) is 0 Å². The molecular weight excluding hydrogens is 152 g/mol. The first kappa shape index (κ1) is 12.3. The second-order valence-electron chi connectivity index (χ2n) is 1.57. The summed E-state index contributed by atoms with van der Waals surface area (Å²) in [5.74, 6) is 3.17. The second-order valence-corrected chi connectivity index (χ2v) is 1.57. The quantitative estimate of drug-likeness (QED) is 0.112. The van der Waals surface area contributed by atoms with Crippen molar-refractivity contribution in [2.24, 2.45) is 11.6 Å². The summed E-state index contributed by atoms with van der Waals surface area (Å²) in [4.78, 5) is 9.45. The zero-order chi connectivity index (χ0) is 9.44. The molecule has 0 bridgehead atoms. The van der Waals surface area contributed by atoms with E-state index in [-0.39, 0.29) is 5.96 Å². The van der Waals surface area contributed by atoms with Crippen LogP contribution in [0.2, 0.25) is 0 Å². The number of nitrogens with two attached hydrogens (primary N) is 2. The van der Waals surface area contributed by atoms with E-state index < -0.39 is 12.1 Å². The van der Waals surface area contributed by atoms with Crippen LogP contribution in [0.3, 0.4) is 0 Å². The molecule has 0 saturated heterocycles. The maximum absolute atomic E-state index is 9.45. The van der Waals surface area contributed by atoms with Gasteiger partial charge in [-0.05, 0) is 6.92 Å². The van der Waals surface area contributed by atoms with Crippen LogP contribution in [-0.4, -0.2) is 28.2 Å². The molecule has 0 unspecified atom stereocenters. The third-order valence-electron chi connectivity index (χ3n) is 0.513. The van der Waals surface area contributed by atoms with Crippen LogP contribution in [0, 0.1) is 5.41 Å². The Kier molecular flexibility index (Phi) is 7.61. The van der Waals surface area contributed by atoms with Gasteiger partial charge in [-0.2, -0.15) is 0 Å². The molecule has 0 aromatic rings. The molecule has 66 valence electrons. The van der Waals surface area contributed by atoms with E-state index in [1.54, 1.807) is 0 Å². The Morgan fingerprint density at radius 3 is 1.91 bits per heavy atom. The van der Waals surface area contributed by atoms with Gasteiger partial charge in [0.25, 0.3) is 0 Å².